The molecule has 1 aliphatic heterocycles. The molecule has 1 heterocycles. The minimum absolute atomic E-state index is 0.0430. The molecule has 1 N–H and O–H groups in total. The summed E-state index contributed by atoms with van der Waals surface area (Å²) < 4.78 is 26.7. The van der Waals surface area contributed by atoms with Crippen LogP contribution in [-0.4, -0.2) is 13.1 Å². The number of benzene rings is 1. The van der Waals surface area contributed by atoms with Crippen LogP contribution in [0.3, 0.4) is 0 Å². The molecule has 0 aliphatic carbocycles. The average molecular weight is 222 g/mol. The normalized spacial score (nSPS) is 20.4. The van der Waals surface area contributed by atoms with Gasteiger partial charge in [-0.2, -0.15) is 5.26 Å². The molecule has 1 saturated heterocycles. The summed E-state index contributed by atoms with van der Waals surface area (Å²) >= 11 is 0. The molecule has 1 aromatic carbocycles. The molecule has 1 aliphatic rings. The average Bonchev–Trinajstić information content (AvgIpc) is 2.30. The van der Waals surface area contributed by atoms with Crippen LogP contribution in [0.2, 0.25) is 0 Å². The summed E-state index contributed by atoms with van der Waals surface area (Å²) in [6.07, 6.45) is 1.85. The van der Waals surface area contributed by atoms with Crippen LogP contribution in [0.4, 0.5) is 8.78 Å². The smallest absolute Gasteiger partial charge is 0.143 e. The molecule has 0 saturated carbocycles. The number of nitrogens with one attached hydrogen (secondary N) is 1. The molecule has 1 fully saturated rings. The van der Waals surface area contributed by atoms with E-state index in [9.17, 15) is 8.78 Å². The second-order valence-corrected chi connectivity index (χ2v) is 4.01. The second-order valence-electron chi connectivity index (χ2n) is 4.01. The number of hydrogen-bond donors (Lipinski definition) is 1. The quantitative estimate of drug-likeness (QED) is 0.791. The highest BCUT2D eigenvalue weighted by molar-refractivity contribution is 5.37. The van der Waals surface area contributed by atoms with Crippen molar-refractivity contribution in [1.29, 1.82) is 5.26 Å². The lowest BCUT2D eigenvalue weighted by molar-refractivity contribution is 0.444. The Balaban J connectivity index is 2.36. The molecule has 4 heteroatoms. The van der Waals surface area contributed by atoms with E-state index in [4.69, 9.17) is 5.26 Å². The zero-order chi connectivity index (χ0) is 11.5. The van der Waals surface area contributed by atoms with Gasteiger partial charge in [0.2, 0.25) is 0 Å². The maximum Gasteiger partial charge on any atom is 0.143 e. The van der Waals surface area contributed by atoms with Crippen molar-refractivity contribution in [2.75, 3.05) is 13.1 Å². The Morgan fingerprint density at radius 3 is 2.75 bits per heavy atom. The van der Waals surface area contributed by atoms with Crippen molar-refractivity contribution in [3.05, 3.63) is 34.9 Å². The third-order valence-electron chi connectivity index (χ3n) is 2.94. The molecule has 2 rings (SSSR count). The van der Waals surface area contributed by atoms with Gasteiger partial charge in [-0.05, 0) is 36.9 Å². The third-order valence-corrected chi connectivity index (χ3v) is 2.94. The third kappa shape index (κ3) is 2.05. The van der Waals surface area contributed by atoms with Crippen LogP contribution in [0.5, 0.6) is 0 Å². The van der Waals surface area contributed by atoms with Crippen LogP contribution in [0.1, 0.15) is 29.9 Å². The van der Waals surface area contributed by atoms with E-state index in [0.29, 0.717) is 12.1 Å². The van der Waals surface area contributed by atoms with E-state index in [1.165, 1.54) is 6.07 Å². The van der Waals surface area contributed by atoms with Crippen LogP contribution >= 0.6 is 0 Å². The van der Waals surface area contributed by atoms with E-state index in [2.05, 4.69) is 5.32 Å². The van der Waals surface area contributed by atoms with Crippen LogP contribution in [0.15, 0.2) is 12.1 Å². The van der Waals surface area contributed by atoms with Gasteiger partial charge >= 0.3 is 0 Å². The highest BCUT2D eigenvalue weighted by Gasteiger charge is 2.20. The summed E-state index contributed by atoms with van der Waals surface area (Å²) in [4.78, 5) is 0. The van der Waals surface area contributed by atoms with Gasteiger partial charge in [-0.25, -0.2) is 8.78 Å². The number of piperidine rings is 1. The Kier molecular flexibility index (Phi) is 3.16. The van der Waals surface area contributed by atoms with E-state index in [1.807, 2.05) is 0 Å². The molecular weight excluding hydrogens is 210 g/mol. The van der Waals surface area contributed by atoms with Gasteiger partial charge < -0.3 is 5.32 Å². The summed E-state index contributed by atoms with van der Waals surface area (Å²) in [7, 11) is 0. The van der Waals surface area contributed by atoms with Crippen molar-refractivity contribution in [2.45, 2.75) is 18.8 Å². The Hall–Kier alpha value is -1.47. The molecule has 0 amide bonds. The number of hydrogen-bond acceptors (Lipinski definition) is 2. The minimum Gasteiger partial charge on any atom is -0.316 e. The van der Waals surface area contributed by atoms with Crippen LogP contribution in [0, 0.1) is 23.0 Å². The van der Waals surface area contributed by atoms with E-state index in [0.717, 1.165) is 25.5 Å². The van der Waals surface area contributed by atoms with Gasteiger partial charge in [0.1, 0.15) is 17.7 Å². The fourth-order valence-electron chi connectivity index (χ4n) is 2.08. The molecule has 1 unspecified atom stereocenters. The second kappa shape index (κ2) is 4.58. The number of halogens is 2. The van der Waals surface area contributed by atoms with Gasteiger partial charge in [-0.3, -0.25) is 0 Å². The highest BCUT2D eigenvalue weighted by atomic mass is 19.1. The highest BCUT2D eigenvalue weighted by Crippen LogP contribution is 2.27. The molecule has 0 radical (unpaired) electrons. The van der Waals surface area contributed by atoms with Crippen molar-refractivity contribution in [1.82, 2.24) is 5.32 Å². The van der Waals surface area contributed by atoms with Gasteiger partial charge in [0.05, 0.1) is 5.56 Å². The van der Waals surface area contributed by atoms with Crippen molar-refractivity contribution >= 4 is 0 Å². The SMILES string of the molecule is N#Cc1cc(C2CCCNC2)c(F)cc1F. The van der Waals surface area contributed by atoms with Gasteiger partial charge in [0.25, 0.3) is 0 Å². The maximum absolute atomic E-state index is 13.6. The summed E-state index contributed by atoms with van der Waals surface area (Å²) in [5, 5.41) is 11.9. The molecule has 1 aromatic rings. The molecule has 0 bridgehead atoms. The Labute approximate surface area is 92.9 Å². The van der Waals surface area contributed by atoms with Gasteiger partial charge in [0.15, 0.2) is 0 Å². The fourth-order valence-corrected chi connectivity index (χ4v) is 2.08. The first-order valence-electron chi connectivity index (χ1n) is 5.32. The summed E-state index contributed by atoms with van der Waals surface area (Å²) in [5.74, 6) is -1.29. The first-order valence-corrected chi connectivity index (χ1v) is 5.32. The van der Waals surface area contributed by atoms with E-state index >= 15 is 0 Å². The first-order chi connectivity index (χ1) is 7.72. The summed E-state index contributed by atoms with van der Waals surface area (Å²) in [6, 6.07) is 3.88. The predicted molar refractivity (Wildman–Crippen MR) is 55.9 cm³/mol. The molecule has 1 atom stereocenters. The molecule has 0 aromatic heterocycles. The Morgan fingerprint density at radius 2 is 2.12 bits per heavy atom. The fraction of sp³-hybridized carbons (Fsp3) is 0.417. The zero-order valence-electron chi connectivity index (χ0n) is 8.76. The first kappa shape index (κ1) is 11.0. The lowest BCUT2D eigenvalue weighted by Gasteiger charge is -2.23. The van der Waals surface area contributed by atoms with Crippen LogP contribution in [-0.2, 0) is 0 Å². The standard InChI is InChI=1S/C12H12F2N2/c13-11-5-12(14)10(4-9(11)6-15)8-2-1-3-16-7-8/h4-5,8,16H,1-3,7H2. The van der Waals surface area contributed by atoms with Gasteiger partial charge in [-0.1, -0.05) is 0 Å². The molecule has 0 spiro atoms. The van der Waals surface area contributed by atoms with Crippen molar-refractivity contribution in [3.63, 3.8) is 0 Å². The lowest BCUT2D eigenvalue weighted by Crippen LogP contribution is -2.29. The molecule has 84 valence electrons. The number of nitrogens with zero attached hydrogens (tertiary/aromatic N) is 1. The van der Waals surface area contributed by atoms with Crippen molar-refractivity contribution < 1.29 is 8.78 Å². The van der Waals surface area contributed by atoms with E-state index in [1.54, 1.807) is 6.07 Å². The topological polar surface area (TPSA) is 35.8 Å². The number of rotatable bonds is 1. The number of nitriles is 1. The van der Waals surface area contributed by atoms with E-state index in [-0.39, 0.29) is 11.5 Å². The van der Waals surface area contributed by atoms with Gasteiger partial charge in [-0.15, -0.1) is 0 Å². The molecule has 2 nitrogen and oxygen atoms in total. The summed E-state index contributed by atoms with van der Waals surface area (Å²) in [5.41, 5.74) is 0.368. The predicted octanol–water partition coefficient (Wildman–Crippen LogP) is 2.30. The molecular formula is C12H12F2N2. The van der Waals surface area contributed by atoms with Crippen LogP contribution in [0.25, 0.3) is 0 Å². The minimum atomic E-state index is -0.785. The molecule has 16 heavy (non-hydrogen) atoms. The maximum atomic E-state index is 13.6. The summed E-state index contributed by atoms with van der Waals surface area (Å²) in [6.45, 7) is 1.62. The van der Waals surface area contributed by atoms with Gasteiger partial charge in [0, 0.05) is 12.6 Å². The zero-order valence-corrected chi connectivity index (χ0v) is 8.76. The Morgan fingerprint density at radius 1 is 1.31 bits per heavy atom. The van der Waals surface area contributed by atoms with E-state index < -0.39 is 11.6 Å². The van der Waals surface area contributed by atoms with Crippen molar-refractivity contribution in [2.24, 2.45) is 0 Å². The monoisotopic (exact) mass is 222 g/mol. The van der Waals surface area contributed by atoms with Crippen LogP contribution < -0.4 is 5.32 Å². The largest absolute Gasteiger partial charge is 0.316 e. The lowest BCUT2D eigenvalue weighted by atomic mass is 9.90. The van der Waals surface area contributed by atoms with Crippen molar-refractivity contribution in [3.8, 4) is 6.07 Å². The Bertz CT molecular complexity index is 431.